The van der Waals surface area contributed by atoms with E-state index >= 15 is 0 Å². The summed E-state index contributed by atoms with van der Waals surface area (Å²) in [7, 11) is 3.69. The van der Waals surface area contributed by atoms with Gasteiger partial charge in [0.15, 0.2) is 0 Å². The number of hydrogen-bond donors (Lipinski definition) is 1. The van der Waals surface area contributed by atoms with Gasteiger partial charge in [-0.15, -0.1) is 0 Å². The van der Waals surface area contributed by atoms with Crippen molar-refractivity contribution < 1.29 is 14.4 Å². The number of piperidine rings is 2. The number of carbonyl (C=O) groups excluding carboxylic acids is 3. The average molecular weight is 636 g/mol. The Morgan fingerprint density at radius 2 is 1.51 bits per heavy atom. The lowest BCUT2D eigenvalue weighted by atomic mass is 9.87. The summed E-state index contributed by atoms with van der Waals surface area (Å²) in [5.41, 5.74) is 1.77. The zero-order valence-corrected chi connectivity index (χ0v) is 27.9. The number of nitrogens with zero attached hydrogens (tertiary/aromatic N) is 4. The molecule has 3 aliphatic rings. The molecule has 2 heterocycles. The fourth-order valence-electron chi connectivity index (χ4n) is 7.50. The molecule has 45 heavy (non-hydrogen) atoms. The standard InChI is InChI=1S/C36H50ClN5O3/c1-26-25-41(23-20-33(26)42(36(45)39(2)3)31-12-8-5-9-13-31)35(44)32(24-27-14-16-29(37)17-15-27)38-30-18-21-40(22-19-30)34(43)28-10-6-4-7-11-28/h4,6-7,10-11,14-17,26,30-33,38H,5,8-9,12-13,18-25H2,1-3H3/t26?,32-,33?/m1/s1. The SMILES string of the molecule is CC1CN(C(=O)[C@@H](Cc2ccc(Cl)cc2)NC2CCN(C(=O)c3ccccc3)CC2)CCC1N(C(=O)N(C)C)C1CCCCC1. The highest BCUT2D eigenvalue weighted by Gasteiger charge is 2.40. The van der Waals surface area contributed by atoms with Gasteiger partial charge in [-0.2, -0.15) is 0 Å². The normalized spacial score (nSPS) is 22.1. The molecule has 2 unspecified atom stereocenters. The number of benzene rings is 2. The van der Waals surface area contributed by atoms with Gasteiger partial charge in [0.2, 0.25) is 5.91 Å². The Morgan fingerprint density at radius 3 is 2.13 bits per heavy atom. The first-order chi connectivity index (χ1) is 21.7. The molecule has 0 aromatic heterocycles. The van der Waals surface area contributed by atoms with E-state index in [1.165, 1.54) is 19.3 Å². The van der Waals surface area contributed by atoms with Crippen molar-refractivity contribution in [2.45, 2.75) is 88.9 Å². The number of urea groups is 1. The molecule has 2 aliphatic heterocycles. The van der Waals surface area contributed by atoms with Gasteiger partial charge in [0, 0.05) is 69.0 Å². The summed E-state index contributed by atoms with van der Waals surface area (Å²) < 4.78 is 0. The highest BCUT2D eigenvalue weighted by molar-refractivity contribution is 6.30. The number of carbonyl (C=O) groups is 3. The molecule has 1 N–H and O–H groups in total. The third-order valence-electron chi connectivity index (χ3n) is 9.99. The van der Waals surface area contributed by atoms with Crippen LogP contribution in [0, 0.1) is 5.92 Å². The molecule has 3 atom stereocenters. The van der Waals surface area contributed by atoms with E-state index in [2.05, 4.69) is 17.1 Å². The summed E-state index contributed by atoms with van der Waals surface area (Å²) in [6.07, 6.45) is 8.66. The molecule has 1 saturated carbocycles. The first-order valence-electron chi connectivity index (χ1n) is 16.8. The molecule has 244 valence electrons. The van der Waals surface area contributed by atoms with Gasteiger partial charge in [0.05, 0.1) is 6.04 Å². The van der Waals surface area contributed by atoms with Gasteiger partial charge < -0.3 is 24.9 Å². The van der Waals surface area contributed by atoms with Crippen LogP contribution in [0.3, 0.4) is 0 Å². The zero-order valence-electron chi connectivity index (χ0n) is 27.2. The van der Waals surface area contributed by atoms with Crippen LogP contribution in [0.5, 0.6) is 0 Å². The highest BCUT2D eigenvalue weighted by atomic mass is 35.5. The minimum absolute atomic E-state index is 0.0646. The molecule has 2 aromatic carbocycles. The van der Waals surface area contributed by atoms with E-state index in [0.29, 0.717) is 43.2 Å². The second kappa shape index (κ2) is 15.5. The largest absolute Gasteiger partial charge is 0.341 e. The van der Waals surface area contributed by atoms with Gasteiger partial charge in [-0.1, -0.05) is 68.1 Å². The van der Waals surface area contributed by atoms with Crippen LogP contribution in [0.15, 0.2) is 54.6 Å². The maximum atomic E-state index is 14.3. The zero-order chi connectivity index (χ0) is 31.9. The van der Waals surface area contributed by atoms with E-state index < -0.39 is 0 Å². The summed E-state index contributed by atoms with van der Waals surface area (Å²) in [4.78, 5) is 48.5. The van der Waals surface area contributed by atoms with Gasteiger partial charge in [-0.05, 0) is 74.3 Å². The van der Waals surface area contributed by atoms with Crippen LogP contribution in [0.2, 0.25) is 5.02 Å². The van der Waals surface area contributed by atoms with Gasteiger partial charge in [-0.25, -0.2) is 4.79 Å². The Labute approximate surface area is 274 Å². The summed E-state index contributed by atoms with van der Waals surface area (Å²) in [6, 6.07) is 17.4. The molecule has 5 rings (SSSR count). The highest BCUT2D eigenvalue weighted by Crippen LogP contribution is 2.31. The Kier molecular flexibility index (Phi) is 11.4. The van der Waals surface area contributed by atoms with E-state index in [-0.39, 0.29) is 47.9 Å². The van der Waals surface area contributed by atoms with Crippen molar-refractivity contribution in [2.24, 2.45) is 5.92 Å². The predicted octanol–water partition coefficient (Wildman–Crippen LogP) is 5.70. The maximum Gasteiger partial charge on any atom is 0.319 e. The minimum Gasteiger partial charge on any atom is -0.341 e. The van der Waals surface area contributed by atoms with Crippen LogP contribution in [0.4, 0.5) is 4.79 Å². The first-order valence-corrected chi connectivity index (χ1v) is 17.2. The Morgan fingerprint density at radius 1 is 0.867 bits per heavy atom. The molecule has 1 aliphatic carbocycles. The molecular formula is C36H50ClN5O3. The van der Waals surface area contributed by atoms with Gasteiger partial charge in [-0.3, -0.25) is 9.59 Å². The summed E-state index contributed by atoms with van der Waals surface area (Å²) in [5, 5.41) is 4.39. The lowest BCUT2D eigenvalue weighted by molar-refractivity contribution is -0.136. The molecule has 3 fully saturated rings. The number of likely N-dealkylation sites (tertiary alicyclic amines) is 2. The van der Waals surface area contributed by atoms with Gasteiger partial charge in [0.25, 0.3) is 5.91 Å². The molecule has 0 radical (unpaired) electrons. The quantitative estimate of drug-likeness (QED) is 0.404. The average Bonchev–Trinajstić information content (AvgIpc) is 3.06. The molecule has 0 spiro atoms. The lowest BCUT2D eigenvalue weighted by Crippen LogP contribution is -2.60. The number of halogens is 1. The maximum absolute atomic E-state index is 14.3. The predicted molar refractivity (Wildman–Crippen MR) is 179 cm³/mol. The molecule has 2 saturated heterocycles. The second-order valence-electron chi connectivity index (χ2n) is 13.5. The van der Waals surface area contributed by atoms with Crippen molar-refractivity contribution in [1.29, 1.82) is 0 Å². The molecule has 9 heteroatoms. The van der Waals surface area contributed by atoms with Gasteiger partial charge >= 0.3 is 6.03 Å². The summed E-state index contributed by atoms with van der Waals surface area (Å²) in [5.74, 6) is 0.354. The van der Waals surface area contributed by atoms with Crippen LogP contribution >= 0.6 is 11.6 Å². The fraction of sp³-hybridized carbons (Fsp3) is 0.583. The van der Waals surface area contributed by atoms with Crippen LogP contribution in [-0.2, 0) is 11.2 Å². The van der Waals surface area contributed by atoms with E-state index in [1.54, 1.807) is 4.90 Å². The van der Waals surface area contributed by atoms with Crippen molar-refractivity contribution in [1.82, 2.24) is 24.9 Å². The minimum atomic E-state index is -0.380. The van der Waals surface area contributed by atoms with Crippen LogP contribution in [0.25, 0.3) is 0 Å². The van der Waals surface area contributed by atoms with Crippen LogP contribution in [-0.4, -0.2) is 102 Å². The molecule has 0 bridgehead atoms. The Balaban J connectivity index is 1.25. The molecule has 4 amide bonds. The third-order valence-corrected chi connectivity index (χ3v) is 10.2. The van der Waals surface area contributed by atoms with Crippen molar-refractivity contribution in [3.63, 3.8) is 0 Å². The van der Waals surface area contributed by atoms with Crippen LogP contribution < -0.4 is 5.32 Å². The lowest BCUT2D eigenvalue weighted by Gasteiger charge is -2.48. The number of nitrogens with one attached hydrogen (secondary N) is 1. The van der Waals surface area contributed by atoms with E-state index in [9.17, 15) is 14.4 Å². The van der Waals surface area contributed by atoms with E-state index in [1.807, 2.05) is 78.5 Å². The smallest absolute Gasteiger partial charge is 0.319 e. The third kappa shape index (κ3) is 8.39. The van der Waals surface area contributed by atoms with E-state index in [0.717, 1.165) is 37.7 Å². The number of amides is 4. The van der Waals surface area contributed by atoms with Crippen molar-refractivity contribution >= 4 is 29.4 Å². The Bertz CT molecular complexity index is 1280. The number of hydrogen-bond acceptors (Lipinski definition) is 4. The van der Waals surface area contributed by atoms with Crippen molar-refractivity contribution in [2.75, 3.05) is 40.3 Å². The molecule has 8 nitrogen and oxygen atoms in total. The molecular weight excluding hydrogens is 586 g/mol. The monoisotopic (exact) mass is 635 g/mol. The first kappa shape index (κ1) is 33.3. The van der Waals surface area contributed by atoms with Crippen molar-refractivity contribution in [3.8, 4) is 0 Å². The van der Waals surface area contributed by atoms with Crippen molar-refractivity contribution in [3.05, 3.63) is 70.7 Å². The second-order valence-corrected chi connectivity index (χ2v) is 13.9. The molecule has 2 aromatic rings. The van der Waals surface area contributed by atoms with Crippen LogP contribution in [0.1, 0.15) is 74.2 Å². The van der Waals surface area contributed by atoms with E-state index in [4.69, 9.17) is 11.6 Å². The topological polar surface area (TPSA) is 76.2 Å². The fourth-order valence-corrected chi connectivity index (χ4v) is 7.62. The van der Waals surface area contributed by atoms with Gasteiger partial charge in [0.1, 0.15) is 0 Å². The Hall–Kier alpha value is -3.10. The summed E-state index contributed by atoms with van der Waals surface area (Å²) >= 11 is 6.17. The number of rotatable bonds is 8. The summed E-state index contributed by atoms with van der Waals surface area (Å²) in [6.45, 7) is 4.79.